The molecule has 1 aromatic heterocycles. The van der Waals surface area contributed by atoms with Crippen molar-refractivity contribution in [2.45, 2.75) is 13.1 Å². The Morgan fingerprint density at radius 2 is 1.71 bits per heavy atom. The van der Waals surface area contributed by atoms with Crippen molar-refractivity contribution in [2.24, 2.45) is 0 Å². The SMILES string of the molecule is O=C(NCc1ccc(CN2CCOCC2)cc1)c1cc(-c2ccccc2)no1. The van der Waals surface area contributed by atoms with Crippen molar-refractivity contribution in [2.75, 3.05) is 26.3 Å². The Morgan fingerprint density at radius 1 is 1.00 bits per heavy atom. The Morgan fingerprint density at radius 3 is 2.46 bits per heavy atom. The van der Waals surface area contributed by atoms with E-state index >= 15 is 0 Å². The predicted molar refractivity (Wildman–Crippen MR) is 106 cm³/mol. The number of hydrogen-bond donors (Lipinski definition) is 1. The molecule has 0 saturated carbocycles. The highest BCUT2D eigenvalue weighted by Gasteiger charge is 2.14. The number of amides is 1. The standard InChI is InChI=1S/C22H23N3O3/c26-22(21-14-20(24-28-21)19-4-2-1-3-5-19)23-15-17-6-8-18(9-7-17)16-25-10-12-27-13-11-25/h1-9,14H,10-13,15-16H2,(H,23,26). The lowest BCUT2D eigenvalue weighted by Gasteiger charge is -2.26. The van der Waals surface area contributed by atoms with Crippen molar-refractivity contribution in [3.8, 4) is 11.3 Å². The van der Waals surface area contributed by atoms with Gasteiger partial charge in [-0.2, -0.15) is 0 Å². The van der Waals surface area contributed by atoms with Crippen LogP contribution in [-0.4, -0.2) is 42.3 Å². The first kappa shape index (κ1) is 18.4. The molecule has 3 aromatic rings. The number of rotatable bonds is 6. The van der Waals surface area contributed by atoms with E-state index in [1.807, 2.05) is 42.5 Å². The van der Waals surface area contributed by atoms with Crippen LogP contribution >= 0.6 is 0 Å². The molecule has 28 heavy (non-hydrogen) atoms. The summed E-state index contributed by atoms with van der Waals surface area (Å²) in [5.41, 5.74) is 3.88. The van der Waals surface area contributed by atoms with Gasteiger partial charge in [-0.25, -0.2) is 0 Å². The third-order valence-corrected chi connectivity index (χ3v) is 4.79. The molecule has 1 fully saturated rings. The topological polar surface area (TPSA) is 67.6 Å². The maximum atomic E-state index is 12.3. The summed E-state index contributed by atoms with van der Waals surface area (Å²) in [6.45, 7) is 4.92. The largest absolute Gasteiger partial charge is 0.379 e. The summed E-state index contributed by atoms with van der Waals surface area (Å²) in [5, 5.41) is 6.86. The monoisotopic (exact) mass is 377 g/mol. The van der Waals surface area contributed by atoms with Gasteiger partial charge in [0, 0.05) is 37.8 Å². The zero-order valence-electron chi connectivity index (χ0n) is 15.6. The van der Waals surface area contributed by atoms with Gasteiger partial charge < -0.3 is 14.6 Å². The average molecular weight is 377 g/mol. The van der Waals surface area contributed by atoms with E-state index in [0.717, 1.165) is 44.0 Å². The normalized spacial score (nSPS) is 14.7. The van der Waals surface area contributed by atoms with Crippen LogP contribution in [-0.2, 0) is 17.8 Å². The lowest BCUT2D eigenvalue weighted by Crippen LogP contribution is -2.35. The minimum absolute atomic E-state index is 0.211. The molecule has 0 radical (unpaired) electrons. The van der Waals surface area contributed by atoms with Crippen molar-refractivity contribution in [3.63, 3.8) is 0 Å². The first-order valence-corrected chi connectivity index (χ1v) is 9.46. The average Bonchev–Trinajstić information content (AvgIpc) is 3.25. The molecule has 4 rings (SSSR count). The number of aromatic nitrogens is 1. The fourth-order valence-electron chi connectivity index (χ4n) is 3.18. The van der Waals surface area contributed by atoms with Crippen molar-refractivity contribution in [1.82, 2.24) is 15.4 Å². The van der Waals surface area contributed by atoms with E-state index in [1.165, 1.54) is 5.56 Å². The van der Waals surface area contributed by atoms with Gasteiger partial charge in [-0.3, -0.25) is 9.69 Å². The Labute approximate surface area is 164 Å². The Bertz CT molecular complexity index is 900. The molecule has 0 aliphatic carbocycles. The maximum absolute atomic E-state index is 12.3. The summed E-state index contributed by atoms with van der Waals surface area (Å²) >= 11 is 0. The van der Waals surface area contributed by atoms with Crippen LogP contribution in [0.2, 0.25) is 0 Å². The zero-order chi connectivity index (χ0) is 19.2. The van der Waals surface area contributed by atoms with Gasteiger partial charge >= 0.3 is 0 Å². The van der Waals surface area contributed by atoms with Crippen LogP contribution in [0, 0.1) is 0 Å². The van der Waals surface area contributed by atoms with Crippen LogP contribution in [0.15, 0.2) is 65.2 Å². The van der Waals surface area contributed by atoms with E-state index < -0.39 is 0 Å². The molecule has 2 heterocycles. The Kier molecular flexibility index (Phi) is 5.80. The van der Waals surface area contributed by atoms with Gasteiger partial charge in [-0.1, -0.05) is 59.8 Å². The fraction of sp³-hybridized carbons (Fsp3) is 0.273. The summed E-state index contributed by atoms with van der Waals surface area (Å²) in [6, 6.07) is 19.6. The molecular weight excluding hydrogens is 354 g/mol. The second-order valence-electron chi connectivity index (χ2n) is 6.83. The number of morpholine rings is 1. The van der Waals surface area contributed by atoms with Crippen molar-refractivity contribution in [3.05, 3.63) is 77.6 Å². The minimum atomic E-state index is -0.271. The maximum Gasteiger partial charge on any atom is 0.290 e. The van der Waals surface area contributed by atoms with E-state index in [2.05, 4.69) is 27.5 Å². The van der Waals surface area contributed by atoms with Crippen molar-refractivity contribution in [1.29, 1.82) is 0 Å². The molecule has 1 aliphatic heterocycles. The first-order chi connectivity index (χ1) is 13.8. The third-order valence-electron chi connectivity index (χ3n) is 4.79. The van der Waals surface area contributed by atoms with Gasteiger partial charge in [-0.05, 0) is 11.1 Å². The van der Waals surface area contributed by atoms with Gasteiger partial charge in [0.05, 0.1) is 13.2 Å². The summed E-state index contributed by atoms with van der Waals surface area (Å²) < 4.78 is 10.6. The van der Waals surface area contributed by atoms with E-state index in [4.69, 9.17) is 9.26 Å². The zero-order valence-corrected chi connectivity index (χ0v) is 15.6. The van der Waals surface area contributed by atoms with Gasteiger partial charge in [0.25, 0.3) is 5.91 Å². The molecule has 1 amide bonds. The number of carbonyl (C=O) groups is 1. The molecule has 0 spiro atoms. The molecule has 144 valence electrons. The molecule has 0 bridgehead atoms. The molecule has 1 aliphatic rings. The third kappa shape index (κ3) is 4.65. The first-order valence-electron chi connectivity index (χ1n) is 9.46. The van der Waals surface area contributed by atoms with E-state index in [0.29, 0.717) is 12.2 Å². The molecule has 0 unspecified atom stereocenters. The van der Waals surface area contributed by atoms with Gasteiger partial charge in [0.1, 0.15) is 5.69 Å². The van der Waals surface area contributed by atoms with Crippen LogP contribution in [0.25, 0.3) is 11.3 Å². The lowest BCUT2D eigenvalue weighted by molar-refractivity contribution is 0.0342. The van der Waals surface area contributed by atoms with E-state index in [-0.39, 0.29) is 11.7 Å². The molecule has 0 atom stereocenters. The lowest BCUT2D eigenvalue weighted by atomic mass is 10.1. The number of carbonyl (C=O) groups excluding carboxylic acids is 1. The predicted octanol–water partition coefficient (Wildman–Crippen LogP) is 3.10. The van der Waals surface area contributed by atoms with Gasteiger partial charge in [0.2, 0.25) is 5.76 Å². The molecule has 6 nitrogen and oxygen atoms in total. The van der Waals surface area contributed by atoms with E-state index in [9.17, 15) is 4.79 Å². The second kappa shape index (κ2) is 8.82. The Balaban J connectivity index is 1.30. The molecule has 1 N–H and O–H groups in total. The summed E-state index contributed by atoms with van der Waals surface area (Å²) in [7, 11) is 0. The van der Waals surface area contributed by atoms with Crippen LogP contribution in [0.1, 0.15) is 21.7 Å². The van der Waals surface area contributed by atoms with Crippen LogP contribution in [0.4, 0.5) is 0 Å². The summed E-state index contributed by atoms with van der Waals surface area (Å²) in [5.74, 6) is -0.0603. The van der Waals surface area contributed by atoms with E-state index in [1.54, 1.807) is 6.07 Å². The molecular formula is C22H23N3O3. The highest BCUT2D eigenvalue weighted by Crippen LogP contribution is 2.18. The fourth-order valence-corrected chi connectivity index (χ4v) is 3.18. The quantitative estimate of drug-likeness (QED) is 0.715. The molecule has 2 aromatic carbocycles. The second-order valence-corrected chi connectivity index (χ2v) is 6.83. The van der Waals surface area contributed by atoms with Crippen LogP contribution in [0.5, 0.6) is 0 Å². The molecule has 6 heteroatoms. The minimum Gasteiger partial charge on any atom is -0.379 e. The number of ether oxygens (including phenoxy) is 1. The number of nitrogens with one attached hydrogen (secondary N) is 1. The highest BCUT2D eigenvalue weighted by molar-refractivity contribution is 5.92. The van der Waals surface area contributed by atoms with Crippen molar-refractivity contribution >= 4 is 5.91 Å². The smallest absolute Gasteiger partial charge is 0.290 e. The number of nitrogens with zero attached hydrogens (tertiary/aromatic N) is 2. The Hall–Kier alpha value is -2.96. The van der Waals surface area contributed by atoms with Crippen LogP contribution in [0.3, 0.4) is 0 Å². The summed E-state index contributed by atoms with van der Waals surface area (Å²) in [4.78, 5) is 14.7. The van der Waals surface area contributed by atoms with Gasteiger partial charge in [-0.15, -0.1) is 0 Å². The molecule has 1 saturated heterocycles. The summed E-state index contributed by atoms with van der Waals surface area (Å²) in [6.07, 6.45) is 0. The van der Waals surface area contributed by atoms with Crippen LogP contribution < -0.4 is 5.32 Å². The van der Waals surface area contributed by atoms with Gasteiger partial charge in [0.15, 0.2) is 0 Å². The number of benzene rings is 2. The highest BCUT2D eigenvalue weighted by atomic mass is 16.5. The number of hydrogen-bond acceptors (Lipinski definition) is 5. The van der Waals surface area contributed by atoms with Crippen molar-refractivity contribution < 1.29 is 14.1 Å².